The van der Waals surface area contributed by atoms with Crippen molar-refractivity contribution < 1.29 is 14.3 Å². The molecule has 0 fully saturated rings. The number of ether oxygens (including phenoxy) is 2. The molecule has 0 bridgehead atoms. The zero-order valence-corrected chi connectivity index (χ0v) is 20.9. The molecule has 8 nitrogen and oxygen atoms in total. The summed E-state index contributed by atoms with van der Waals surface area (Å²) in [6.07, 6.45) is 7.22. The van der Waals surface area contributed by atoms with Crippen LogP contribution in [0.25, 0.3) is 10.2 Å². The number of nitrogens with zero attached hydrogens (tertiary/aromatic N) is 3. The lowest BCUT2D eigenvalue weighted by Crippen LogP contribution is -2.20. The lowest BCUT2D eigenvalue weighted by Gasteiger charge is -2.11. The van der Waals surface area contributed by atoms with Crippen LogP contribution >= 0.6 is 11.3 Å². The zero-order valence-electron chi connectivity index (χ0n) is 20.1. The Labute approximate surface area is 212 Å². The summed E-state index contributed by atoms with van der Waals surface area (Å²) >= 11 is 1.62. The summed E-state index contributed by atoms with van der Waals surface area (Å²) in [6.45, 7) is 1.82. The summed E-state index contributed by atoms with van der Waals surface area (Å²) in [4.78, 5) is 31.9. The van der Waals surface area contributed by atoms with Crippen LogP contribution in [0.1, 0.15) is 34.4 Å². The molecule has 0 atom stereocenters. The molecule has 9 heteroatoms. The van der Waals surface area contributed by atoms with Gasteiger partial charge in [0, 0.05) is 10.6 Å². The molecule has 4 aromatic rings. The molecule has 2 heterocycles. The normalized spacial score (nSPS) is 13.1. The van der Waals surface area contributed by atoms with E-state index in [0.717, 1.165) is 41.6 Å². The fourth-order valence-corrected chi connectivity index (χ4v) is 5.43. The van der Waals surface area contributed by atoms with Gasteiger partial charge in [-0.3, -0.25) is 9.59 Å². The van der Waals surface area contributed by atoms with Crippen molar-refractivity contribution in [3.8, 4) is 11.5 Å². The molecule has 1 amide bonds. The van der Waals surface area contributed by atoms with Gasteiger partial charge in [0.2, 0.25) is 0 Å². The molecule has 0 saturated carbocycles. The molecule has 0 aliphatic heterocycles. The topological polar surface area (TPSA) is 94.8 Å². The Morgan fingerprint density at radius 3 is 2.78 bits per heavy atom. The van der Waals surface area contributed by atoms with Gasteiger partial charge < -0.3 is 14.8 Å². The van der Waals surface area contributed by atoms with Crippen LogP contribution in [0.3, 0.4) is 0 Å². The van der Waals surface area contributed by atoms with Crippen LogP contribution in [0.2, 0.25) is 0 Å². The second-order valence-electron chi connectivity index (χ2n) is 8.64. The van der Waals surface area contributed by atoms with Crippen molar-refractivity contribution in [1.29, 1.82) is 0 Å². The number of hydrogen-bond donors (Lipinski definition) is 1. The number of hydrogen-bond acceptors (Lipinski definition) is 7. The van der Waals surface area contributed by atoms with Crippen LogP contribution < -0.4 is 20.3 Å². The minimum absolute atomic E-state index is 0.151. The van der Waals surface area contributed by atoms with Crippen molar-refractivity contribution in [1.82, 2.24) is 9.66 Å². The lowest BCUT2D eigenvalue weighted by molar-refractivity contribution is -0.118. The number of nitrogens with one attached hydrogen (secondary N) is 1. The number of carbonyl (C=O) groups is 1. The molecule has 0 unspecified atom stereocenters. The zero-order chi connectivity index (χ0) is 25.1. The van der Waals surface area contributed by atoms with Crippen molar-refractivity contribution in [2.24, 2.45) is 5.10 Å². The second-order valence-corrected chi connectivity index (χ2v) is 9.73. The summed E-state index contributed by atoms with van der Waals surface area (Å²) < 4.78 is 12.4. The Balaban J connectivity index is 1.29. The first-order valence-corrected chi connectivity index (χ1v) is 12.6. The van der Waals surface area contributed by atoms with Gasteiger partial charge in [0.1, 0.15) is 11.2 Å². The third-order valence-electron chi connectivity index (χ3n) is 6.07. The predicted molar refractivity (Wildman–Crippen MR) is 142 cm³/mol. The minimum Gasteiger partial charge on any atom is -0.493 e. The maximum atomic E-state index is 13.1. The van der Waals surface area contributed by atoms with Crippen molar-refractivity contribution in [2.75, 3.05) is 19.0 Å². The van der Waals surface area contributed by atoms with E-state index in [-0.39, 0.29) is 18.1 Å². The molecular weight excluding hydrogens is 476 g/mol. The number of fused-ring (bicyclic) bond motifs is 3. The van der Waals surface area contributed by atoms with E-state index in [9.17, 15) is 9.59 Å². The average molecular weight is 503 g/mol. The Bertz CT molecular complexity index is 1500. The highest BCUT2D eigenvalue weighted by atomic mass is 32.1. The standard InChI is InChI=1S/C27H26N4O4S/c1-17-7-10-19(11-8-17)30-24(32)15-35-21-12-9-18(13-22(21)34-2)14-29-31-16-28-26-25(27(31)33)20-5-3-4-6-23(20)36-26/h7-14,16H,3-6,15H2,1-2H3,(H,30,32)/b29-14+. The highest BCUT2D eigenvalue weighted by molar-refractivity contribution is 7.18. The number of thiophene rings is 1. The van der Waals surface area contributed by atoms with Gasteiger partial charge in [0.25, 0.3) is 11.5 Å². The molecule has 184 valence electrons. The van der Waals surface area contributed by atoms with E-state index in [1.165, 1.54) is 23.0 Å². The SMILES string of the molecule is COc1cc(/C=N/n2cnc3sc4c(c3c2=O)CCCC4)ccc1OCC(=O)Nc1ccc(C)cc1. The monoisotopic (exact) mass is 502 g/mol. The Kier molecular flexibility index (Phi) is 6.81. The first-order chi connectivity index (χ1) is 17.5. The predicted octanol–water partition coefficient (Wildman–Crippen LogP) is 4.55. The molecule has 0 spiro atoms. The molecule has 1 N–H and O–H groups in total. The van der Waals surface area contributed by atoms with Crippen LogP contribution in [0.4, 0.5) is 5.69 Å². The van der Waals surface area contributed by atoms with Crippen molar-refractivity contribution in [3.63, 3.8) is 0 Å². The minimum atomic E-state index is -0.274. The quantitative estimate of drug-likeness (QED) is 0.374. The molecule has 1 aliphatic carbocycles. The van der Waals surface area contributed by atoms with Gasteiger partial charge in [0.05, 0.1) is 18.7 Å². The largest absolute Gasteiger partial charge is 0.493 e. The van der Waals surface area contributed by atoms with Gasteiger partial charge in [-0.1, -0.05) is 17.7 Å². The molecule has 1 aliphatic rings. The smallest absolute Gasteiger partial charge is 0.282 e. The van der Waals surface area contributed by atoms with Crippen LogP contribution in [0.15, 0.2) is 58.7 Å². The molecule has 2 aromatic carbocycles. The number of anilines is 1. The van der Waals surface area contributed by atoms with Crippen LogP contribution in [0.5, 0.6) is 11.5 Å². The van der Waals surface area contributed by atoms with Gasteiger partial charge >= 0.3 is 0 Å². The Morgan fingerprint density at radius 1 is 1.17 bits per heavy atom. The average Bonchev–Trinajstić information content (AvgIpc) is 3.28. The second kappa shape index (κ2) is 10.3. The molecular formula is C27H26N4O4S. The van der Waals surface area contributed by atoms with Gasteiger partial charge in [-0.05, 0) is 74.1 Å². The van der Waals surface area contributed by atoms with Crippen molar-refractivity contribution >= 4 is 39.4 Å². The van der Waals surface area contributed by atoms with Gasteiger partial charge in [-0.15, -0.1) is 11.3 Å². The molecule has 2 aromatic heterocycles. The molecule has 0 radical (unpaired) electrons. The van der Waals surface area contributed by atoms with E-state index >= 15 is 0 Å². The van der Waals surface area contributed by atoms with E-state index in [4.69, 9.17) is 9.47 Å². The van der Waals surface area contributed by atoms with E-state index in [1.807, 2.05) is 31.2 Å². The summed E-state index contributed by atoms with van der Waals surface area (Å²) in [6, 6.07) is 12.8. The molecule has 5 rings (SSSR count). The van der Waals surface area contributed by atoms with E-state index in [0.29, 0.717) is 28.1 Å². The van der Waals surface area contributed by atoms with Gasteiger partial charge in [-0.2, -0.15) is 9.78 Å². The fraction of sp³-hybridized carbons (Fsp3) is 0.259. The summed E-state index contributed by atoms with van der Waals surface area (Å²) in [7, 11) is 1.53. The van der Waals surface area contributed by atoms with E-state index < -0.39 is 0 Å². The Morgan fingerprint density at radius 2 is 1.97 bits per heavy atom. The maximum Gasteiger partial charge on any atom is 0.282 e. The van der Waals surface area contributed by atoms with E-state index in [1.54, 1.807) is 35.8 Å². The number of benzene rings is 2. The number of rotatable bonds is 7. The first kappa shape index (κ1) is 23.7. The van der Waals surface area contributed by atoms with E-state index in [2.05, 4.69) is 15.4 Å². The van der Waals surface area contributed by atoms with Crippen molar-refractivity contribution in [3.05, 3.63) is 80.7 Å². The van der Waals surface area contributed by atoms with Crippen LogP contribution in [-0.4, -0.2) is 35.5 Å². The number of aryl methyl sites for hydroxylation is 3. The highest BCUT2D eigenvalue weighted by Crippen LogP contribution is 2.33. The fourth-order valence-electron chi connectivity index (χ4n) is 4.21. The summed E-state index contributed by atoms with van der Waals surface area (Å²) in [5, 5.41) is 7.84. The van der Waals surface area contributed by atoms with Gasteiger partial charge in [0.15, 0.2) is 18.1 Å². The summed E-state index contributed by atoms with van der Waals surface area (Å²) in [5.74, 6) is 0.609. The first-order valence-electron chi connectivity index (χ1n) is 11.8. The van der Waals surface area contributed by atoms with Crippen molar-refractivity contribution in [2.45, 2.75) is 32.6 Å². The third-order valence-corrected chi connectivity index (χ3v) is 7.27. The van der Waals surface area contributed by atoms with Gasteiger partial charge in [-0.25, -0.2) is 4.98 Å². The molecule has 0 saturated heterocycles. The van der Waals surface area contributed by atoms with Crippen LogP contribution in [-0.2, 0) is 17.6 Å². The molecule has 36 heavy (non-hydrogen) atoms. The number of amides is 1. The number of methoxy groups -OCH3 is 1. The Hall–Kier alpha value is -3.98. The lowest BCUT2D eigenvalue weighted by atomic mass is 9.97. The summed E-state index contributed by atoms with van der Waals surface area (Å²) in [5.41, 5.74) is 3.52. The van der Waals surface area contributed by atoms with Crippen LogP contribution in [0, 0.1) is 6.92 Å². The maximum absolute atomic E-state index is 13.1. The number of aromatic nitrogens is 2. The highest BCUT2D eigenvalue weighted by Gasteiger charge is 2.20. The number of carbonyl (C=O) groups excluding carboxylic acids is 1. The third kappa shape index (κ3) is 5.01.